The van der Waals surface area contributed by atoms with Crippen LogP contribution in [0, 0.1) is 12.8 Å². The maximum absolute atomic E-state index is 13.0. The van der Waals surface area contributed by atoms with E-state index < -0.39 is 5.60 Å². The molecule has 25 heavy (non-hydrogen) atoms. The van der Waals surface area contributed by atoms with E-state index >= 15 is 0 Å². The number of hydrogen-bond donors (Lipinski definition) is 1. The van der Waals surface area contributed by atoms with Gasteiger partial charge in [-0.25, -0.2) is 0 Å². The second-order valence-electron chi connectivity index (χ2n) is 7.71. The minimum absolute atomic E-state index is 0.216. The molecule has 138 valence electrons. The van der Waals surface area contributed by atoms with Crippen LogP contribution in [0.1, 0.15) is 43.2 Å². The quantitative estimate of drug-likeness (QED) is 0.893. The van der Waals surface area contributed by atoms with Gasteiger partial charge in [0, 0.05) is 20.2 Å². The molecule has 2 saturated heterocycles. The summed E-state index contributed by atoms with van der Waals surface area (Å²) >= 11 is 0. The summed E-state index contributed by atoms with van der Waals surface area (Å²) in [5, 5.41) is 3.32. The molecule has 0 bridgehead atoms. The molecule has 2 heterocycles. The average Bonchev–Trinajstić information content (AvgIpc) is 2.68. The fraction of sp³-hybridized carbons (Fsp3) is 0.667. The molecule has 4 nitrogen and oxygen atoms in total. The van der Waals surface area contributed by atoms with Gasteiger partial charge in [-0.1, -0.05) is 29.8 Å². The molecule has 1 aromatic carbocycles. The van der Waals surface area contributed by atoms with Crippen LogP contribution in [0.25, 0.3) is 0 Å². The third kappa shape index (κ3) is 4.42. The molecule has 2 aliphatic rings. The molecule has 3 rings (SSSR count). The first-order valence-electron chi connectivity index (χ1n) is 9.74. The lowest BCUT2D eigenvalue weighted by molar-refractivity contribution is -0.159. The van der Waals surface area contributed by atoms with E-state index in [2.05, 4.69) is 41.4 Å². The van der Waals surface area contributed by atoms with E-state index in [4.69, 9.17) is 4.74 Å². The number of benzene rings is 1. The summed E-state index contributed by atoms with van der Waals surface area (Å²) in [6, 6.07) is 8.88. The molecule has 1 aromatic rings. The number of aryl methyl sites for hydroxylation is 2. The maximum Gasteiger partial charge on any atom is 0.254 e. The smallest absolute Gasteiger partial charge is 0.254 e. The number of carbonyl (C=O) groups excluding carboxylic acids is 1. The fourth-order valence-corrected chi connectivity index (χ4v) is 4.17. The van der Waals surface area contributed by atoms with Crippen LogP contribution in [0.5, 0.6) is 0 Å². The summed E-state index contributed by atoms with van der Waals surface area (Å²) in [7, 11) is 1.69. The summed E-state index contributed by atoms with van der Waals surface area (Å²) < 4.78 is 5.70. The summed E-state index contributed by atoms with van der Waals surface area (Å²) in [5.74, 6) is 0.949. The Morgan fingerprint density at radius 3 is 2.44 bits per heavy atom. The molecule has 0 saturated carbocycles. The van der Waals surface area contributed by atoms with Gasteiger partial charge in [0.2, 0.25) is 0 Å². The van der Waals surface area contributed by atoms with Gasteiger partial charge in [-0.05, 0) is 70.0 Å². The van der Waals surface area contributed by atoms with E-state index in [1.807, 2.05) is 0 Å². The third-order valence-corrected chi connectivity index (χ3v) is 6.06. The normalized spacial score (nSPS) is 21.3. The highest BCUT2D eigenvalue weighted by Gasteiger charge is 2.43. The van der Waals surface area contributed by atoms with E-state index in [9.17, 15) is 4.79 Å². The number of nitrogens with one attached hydrogen (secondary N) is 1. The van der Waals surface area contributed by atoms with Gasteiger partial charge in [0.25, 0.3) is 5.91 Å². The standard InChI is InChI=1S/C21H32N2O2/c1-17-3-5-18(6-4-17)7-8-19-9-15-23(16-10-19)20(24)21(25-2)11-13-22-14-12-21/h3-6,19,22H,7-16H2,1-2H3. The first-order valence-corrected chi connectivity index (χ1v) is 9.74. The Morgan fingerprint density at radius 1 is 1.20 bits per heavy atom. The summed E-state index contributed by atoms with van der Waals surface area (Å²) in [6.45, 7) is 5.64. The number of piperidine rings is 2. The summed E-state index contributed by atoms with van der Waals surface area (Å²) in [6.07, 6.45) is 6.19. The second-order valence-corrected chi connectivity index (χ2v) is 7.71. The molecule has 0 unspecified atom stereocenters. The number of amides is 1. The molecule has 0 radical (unpaired) electrons. The van der Waals surface area contributed by atoms with E-state index in [1.54, 1.807) is 7.11 Å². The SMILES string of the molecule is COC1(C(=O)N2CCC(CCc3ccc(C)cc3)CC2)CCNCC1. The Morgan fingerprint density at radius 2 is 1.84 bits per heavy atom. The third-order valence-electron chi connectivity index (χ3n) is 6.06. The van der Waals surface area contributed by atoms with Crippen LogP contribution in [-0.2, 0) is 16.0 Å². The lowest BCUT2D eigenvalue weighted by Gasteiger charge is -2.41. The topological polar surface area (TPSA) is 41.6 Å². The van der Waals surface area contributed by atoms with Gasteiger partial charge in [0.15, 0.2) is 0 Å². The van der Waals surface area contributed by atoms with Crippen LogP contribution in [0.2, 0.25) is 0 Å². The second kappa shape index (κ2) is 8.33. The van der Waals surface area contributed by atoms with Crippen LogP contribution in [0.3, 0.4) is 0 Å². The van der Waals surface area contributed by atoms with Gasteiger partial charge in [-0.15, -0.1) is 0 Å². The van der Waals surface area contributed by atoms with Gasteiger partial charge in [0.05, 0.1) is 0 Å². The Labute approximate surface area is 151 Å². The van der Waals surface area contributed by atoms with Gasteiger partial charge in [-0.3, -0.25) is 4.79 Å². The molecule has 1 amide bonds. The highest BCUT2D eigenvalue weighted by Crippen LogP contribution is 2.29. The van der Waals surface area contributed by atoms with Crippen molar-refractivity contribution >= 4 is 5.91 Å². The molecule has 0 aliphatic carbocycles. The van der Waals surface area contributed by atoms with Crippen molar-refractivity contribution in [1.29, 1.82) is 0 Å². The molecule has 4 heteroatoms. The fourth-order valence-electron chi connectivity index (χ4n) is 4.17. The number of ether oxygens (including phenoxy) is 1. The Balaban J connectivity index is 1.47. The van der Waals surface area contributed by atoms with Crippen LogP contribution < -0.4 is 5.32 Å². The largest absolute Gasteiger partial charge is 0.368 e. The summed E-state index contributed by atoms with van der Waals surface area (Å²) in [4.78, 5) is 15.1. The number of methoxy groups -OCH3 is 1. The van der Waals surface area contributed by atoms with E-state index in [0.717, 1.165) is 64.2 Å². The maximum atomic E-state index is 13.0. The zero-order valence-electron chi connectivity index (χ0n) is 15.7. The predicted molar refractivity (Wildman–Crippen MR) is 101 cm³/mol. The van der Waals surface area contributed by atoms with Crippen molar-refractivity contribution in [3.8, 4) is 0 Å². The molecule has 0 atom stereocenters. The van der Waals surface area contributed by atoms with Crippen molar-refractivity contribution in [2.45, 2.75) is 51.0 Å². The van der Waals surface area contributed by atoms with Crippen molar-refractivity contribution in [3.63, 3.8) is 0 Å². The van der Waals surface area contributed by atoms with Crippen molar-refractivity contribution in [1.82, 2.24) is 10.2 Å². The zero-order chi connectivity index (χ0) is 17.7. The lowest BCUT2D eigenvalue weighted by atomic mass is 9.87. The molecule has 0 aromatic heterocycles. The molecular formula is C21H32N2O2. The number of hydrogen-bond acceptors (Lipinski definition) is 3. The highest BCUT2D eigenvalue weighted by atomic mass is 16.5. The van der Waals surface area contributed by atoms with Gasteiger partial charge >= 0.3 is 0 Å². The van der Waals surface area contributed by atoms with Crippen molar-refractivity contribution in [2.75, 3.05) is 33.3 Å². The Hall–Kier alpha value is -1.39. The first kappa shape index (κ1) is 18.4. The minimum Gasteiger partial charge on any atom is -0.368 e. The van der Waals surface area contributed by atoms with Gasteiger partial charge < -0.3 is 15.0 Å². The number of rotatable bonds is 5. The van der Waals surface area contributed by atoms with Crippen molar-refractivity contribution < 1.29 is 9.53 Å². The monoisotopic (exact) mass is 344 g/mol. The number of nitrogens with zero attached hydrogens (tertiary/aromatic N) is 1. The molecule has 2 aliphatic heterocycles. The van der Waals surface area contributed by atoms with Crippen LogP contribution in [0.4, 0.5) is 0 Å². The molecule has 1 N–H and O–H groups in total. The summed E-state index contributed by atoms with van der Waals surface area (Å²) in [5.41, 5.74) is 2.16. The van der Waals surface area contributed by atoms with Crippen LogP contribution >= 0.6 is 0 Å². The zero-order valence-corrected chi connectivity index (χ0v) is 15.7. The lowest BCUT2D eigenvalue weighted by Crippen LogP contribution is -2.56. The van der Waals surface area contributed by atoms with E-state index in [-0.39, 0.29) is 5.91 Å². The van der Waals surface area contributed by atoms with Crippen LogP contribution in [-0.4, -0.2) is 49.7 Å². The van der Waals surface area contributed by atoms with E-state index in [1.165, 1.54) is 17.5 Å². The molecule has 0 spiro atoms. The highest BCUT2D eigenvalue weighted by molar-refractivity contribution is 5.85. The predicted octanol–water partition coefficient (Wildman–Crippen LogP) is 2.93. The van der Waals surface area contributed by atoms with Gasteiger partial charge in [0.1, 0.15) is 5.60 Å². The van der Waals surface area contributed by atoms with Crippen molar-refractivity contribution in [2.24, 2.45) is 5.92 Å². The first-order chi connectivity index (χ1) is 12.1. The van der Waals surface area contributed by atoms with Crippen molar-refractivity contribution in [3.05, 3.63) is 35.4 Å². The molecular weight excluding hydrogens is 312 g/mol. The minimum atomic E-state index is -0.583. The Bertz CT molecular complexity index is 556. The number of carbonyl (C=O) groups is 1. The molecule has 2 fully saturated rings. The average molecular weight is 344 g/mol. The van der Waals surface area contributed by atoms with E-state index in [0.29, 0.717) is 0 Å². The van der Waals surface area contributed by atoms with Crippen LogP contribution in [0.15, 0.2) is 24.3 Å². The Kier molecular flexibility index (Phi) is 6.13. The number of likely N-dealkylation sites (tertiary alicyclic amines) is 1. The van der Waals surface area contributed by atoms with Gasteiger partial charge in [-0.2, -0.15) is 0 Å².